The quantitative estimate of drug-likeness (QED) is 0.349. The monoisotopic (exact) mass is 441 g/mol. The lowest BCUT2D eigenvalue weighted by Gasteiger charge is -2.19. The molecule has 0 aliphatic carbocycles. The topological polar surface area (TPSA) is 92.4 Å². The van der Waals surface area contributed by atoms with Crippen LogP contribution in [-0.2, 0) is 4.79 Å². The van der Waals surface area contributed by atoms with Gasteiger partial charge in [-0.15, -0.1) is 5.10 Å². The molecule has 31 heavy (non-hydrogen) atoms. The van der Waals surface area contributed by atoms with E-state index in [4.69, 9.17) is 9.47 Å². The zero-order chi connectivity index (χ0) is 22.1. The number of H-pyrrole nitrogens is 1. The van der Waals surface area contributed by atoms with Gasteiger partial charge in [0.15, 0.2) is 5.82 Å². The van der Waals surface area contributed by atoms with E-state index in [9.17, 15) is 4.79 Å². The van der Waals surface area contributed by atoms with Gasteiger partial charge in [-0.2, -0.15) is 0 Å². The molecule has 0 saturated carbocycles. The van der Waals surface area contributed by atoms with Crippen LogP contribution in [0.2, 0.25) is 0 Å². The van der Waals surface area contributed by atoms with E-state index in [0.29, 0.717) is 29.0 Å². The molecule has 0 radical (unpaired) electrons. The number of hydrogen-bond donors (Lipinski definition) is 2. The number of aromatic nitrogens is 3. The molecule has 0 spiro atoms. The Bertz CT molecular complexity index is 980. The Morgan fingerprint density at radius 1 is 1.16 bits per heavy atom. The number of anilines is 1. The SMILES string of the molecule is COc1ccc(-c2nc(SCC(=O)NCCCN(C)c3ccccc3)n[nH]2)c(OC)c1. The first-order valence-corrected chi connectivity index (χ1v) is 10.9. The van der Waals surface area contributed by atoms with Crippen LogP contribution >= 0.6 is 11.8 Å². The Morgan fingerprint density at radius 3 is 2.71 bits per heavy atom. The normalized spacial score (nSPS) is 10.5. The Balaban J connectivity index is 1.43. The molecular formula is C22H27N5O3S. The third-order valence-electron chi connectivity index (χ3n) is 4.65. The predicted molar refractivity (Wildman–Crippen MR) is 123 cm³/mol. The molecule has 1 aromatic heterocycles. The number of rotatable bonds is 11. The van der Waals surface area contributed by atoms with Gasteiger partial charge in [0.2, 0.25) is 11.1 Å². The second-order valence-electron chi connectivity index (χ2n) is 6.78. The van der Waals surface area contributed by atoms with E-state index in [-0.39, 0.29) is 11.7 Å². The van der Waals surface area contributed by atoms with E-state index in [0.717, 1.165) is 18.5 Å². The van der Waals surface area contributed by atoms with Crippen LogP contribution in [-0.4, -0.2) is 61.2 Å². The van der Waals surface area contributed by atoms with Crippen molar-refractivity contribution >= 4 is 23.4 Å². The molecule has 0 atom stereocenters. The third-order valence-corrected chi connectivity index (χ3v) is 5.50. The standard InChI is InChI=1S/C22H27N5O3S/c1-27(16-8-5-4-6-9-16)13-7-12-23-20(28)15-31-22-24-21(25-26-22)18-11-10-17(29-2)14-19(18)30-3/h4-6,8-11,14H,7,12-13,15H2,1-3H3,(H,23,28)(H,24,25,26). The number of benzene rings is 2. The summed E-state index contributed by atoms with van der Waals surface area (Å²) < 4.78 is 10.6. The number of nitrogens with zero attached hydrogens (tertiary/aromatic N) is 3. The van der Waals surface area contributed by atoms with Gasteiger partial charge in [0, 0.05) is 31.9 Å². The number of methoxy groups -OCH3 is 2. The second-order valence-corrected chi connectivity index (χ2v) is 7.72. The Kier molecular flexibility index (Phi) is 8.17. The predicted octanol–water partition coefficient (Wildman–Crippen LogP) is 3.22. The van der Waals surface area contributed by atoms with E-state index in [1.165, 1.54) is 17.4 Å². The first kappa shape index (κ1) is 22.5. The maximum absolute atomic E-state index is 12.1. The summed E-state index contributed by atoms with van der Waals surface area (Å²) in [6, 6.07) is 15.6. The molecule has 8 nitrogen and oxygen atoms in total. The zero-order valence-corrected chi connectivity index (χ0v) is 18.7. The molecule has 0 fully saturated rings. The third kappa shape index (κ3) is 6.39. The highest BCUT2D eigenvalue weighted by molar-refractivity contribution is 7.99. The Morgan fingerprint density at radius 2 is 1.97 bits per heavy atom. The summed E-state index contributed by atoms with van der Waals surface area (Å²) in [5, 5.41) is 10.5. The lowest BCUT2D eigenvalue weighted by Crippen LogP contribution is -2.29. The van der Waals surface area contributed by atoms with Crippen LogP contribution in [0.1, 0.15) is 6.42 Å². The highest BCUT2D eigenvalue weighted by Gasteiger charge is 2.13. The van der Waals surface area contributed by atoms with Crippen LogP contribution in [0.25, 0.3) is 11.4 Å². The van der Waals surface area contributed by atoms with Crippen molar-refractivity contribution < 1.29 is 14.3 Å². The van der Waals surface area contributed by atoms with Gasteiger partial charge in [-0.25, -0.2) is 4.98 Å². The number of ether oxygens (including phenoxy) is 2. The smallest absolute Gasteiger partial charge is 0.230 e. The van der Waals surface area contributed by atoms with Crippen molar-refractivity contribution in [2.75, 3.05) is 45.0 Å². The molecule has 0 bridgehead atoms. The molecule has 2 N–H and O–H groups in total. The van der Waals surface area contributed by atoms with Crippen LogP contribution in [0, 0.1) is 0 Å². The van der Waals surface area contributed by atoms with Crippen molar-refractivity contribution in [3.05, 3.63) is 48.5 Å². The van der Waals surface area contributed by atoms with Crippen molar-refractivity contribution in [3.63, 3.8) is 0 Å². The lowest BCUT2D eigenvalue weighted by molar-refractivity contribution is -0.118. The van der Waals surface area contributed by atoms with Gasteiger partial charge < -0.3 is 19.7 Å². The fraction of sp³-hybridized carbons (Fsp3) is 0.318. The summed E-state index contributed by atoms with van der Waals surface area (Å²) in [7, 11) is 5.24. The van der Waals surface area contributed by atoms with Gasteiger partial charge in [0.1, 0.15) is 11.5 Å². The average Bonchev–Trinajstić information content (AvgIpc) is 3.29. The van der Waals surface area contributed by atoms with Gasteiger partial charge in [-0.3, -0.25) is 9.89 Å². The first-order chi connectivity index (χ1) is 15.1. The van der Waals surface area contributed by atoms with Gasteiger partial charge in [0.25, 0.3) is 0 Å². The number of hydrogen-bond acceptors (Lipinski definition) is 7. The number of amides is 1. The van der Waals surface area contributed by atoms with E-state index < -0.39 is 0 Å². The lowest BCUT2D eigenvalue weighted by atomic mass is 10.2. The Labute approximate surface area is 186 Å². The summed E-state index contributed by atoms with van der Waals surface area (Å²) in [5.74, 6) is 2.12. The number of thioether (sulfide) groups is 1. The molecule has 1 heterocycles. The van der Waals surface area contributed by atoms with Crippen LogP contribution in [0.3, 0.4) is 0 Å². The molecule has 9 heteroatoms. The molecule has 2 aromatic carbocycles. The number of nitrogens with one attached hydrogen (secondary N) is 2. The van der Waals surface area contributed by atoms with E-state index >= 15 is 0 Å². The molecular weight excluding hydrogens is 414 g/mol. The fourth-order valence-electron chi connectivity index (χ4n) is 2.96. The molecule has 3 rings (SSSR count). The van der Waals surface area contributed by atoms with Gasteiger partial charge in [0.05, 0.1) is 25.5 Å². The maximum Gasteiger partial charge on any atom is 0.230 e. The number of carbonyl (C=O) groups is 1. The largest absolute Gasteiger partial charge is 0.497 e. The molecule has 1 amide bonds. The fourth-order valence-corrected chi connectivity index (χ4v) is 3.59. The van der Waals surface area contributed by atoms with E-state index in [1.807, 2.05) is 37.4 Å². The molecule has 0 unspecified atom stereocenters. The molecule has 164 valence electrons. The van der Waals surface area contributed by atoms with Gasteiger partial charge >= 0.3 is 0 Å². The minimum absolute atomic E-state index is 0.0410. The average molecular weight is 442 g/mol. The number of para-hydroxylation sites is 1. The first-order valence-electron chi connectivity index (χ1n) is 9.91. The van der Waals surface area contributed by atoms with Crippen LogP contribution < -0.4 is 19.7 Å². The van der Waals surface area contributed by atoms with Crippen LogP contribution in [0.15, 0.2) is 53.7 Å². The minimum Gasteiger partial charge on any atom is -0.497 e. The van der Waals surface area contributed by atoms with Crippen molar-refractivity contribution in [3.8, 4) is 22.9 Å². The van der Waals surface area contributed by atoms with Gasteiger partial charge in [-0.05, 0) is 30.7 Å². The molecule has 0 aliphatic heterocycles. The summed E-state index contributed by atoms with van der Waals surface area (Å²) in [6.07, 6.45) is 0.865. The van der Waals surface area contributed by atoms with Crippen molar-refractivity contribution in [1.29, 1.82) is 0 Å². The molecule has 0 saturated heterocycles. The molecule has 3 aromatic rings. The maximum atomic E-state index is 12.1. The van der Waals surface area contributed by atoms with E-state index in [2.05, 4.69) is 37.5 Å². The zero-order valence-electron chi connectivity index (χ0n) is 17.9. The minimum atomic E-state index is -0.0410. The highest BCUT2D eigenvalue weighted by atomic mass is 32.2. The van der Waals surface area contributed by atoms with Crippen LogP contribution in [0.4, 0.5) is 5.69 Å². The number of carbonyl (C=O) groups excluding carboxylic acids is 1. The summed E-state index contributed by atoms with van der Waals surface area (Å²) in [6.45, 7) is 1.49. The van der Waals surface area contributed by atoms with Crippen molar-refractivity contribution in [2.45, 2.75) is 11.6 Å². The Hall–Kier alpha value is -3.20. The van der Waals surface area contributed by atoms with Crippen molar-refractivity contribution in [2.24, 2.45) is 0 Å². The number of aromatic amines is 1. The van der Waals surface area contributed by atoms with Crippen LogP contribution in [0.5, 0.6) is 11.5 Å². The summed E-state index contributed by atoms with van der Waals surface area (Å²) in [5.41, 5.74) is 1.94. The van der Waals surface area contributed by atoms with Crippen molar-refractivity contribution in [1.82, 2.24) is 20.5 Å². The van der Waals surface area contributed by atoms with E-state index in [1.54, 1.807) is 20.3 Å². The second kappa shape index (κ2) is 11.3. The summed E-state index contributed by atoms with van der Waals surface area (Å²) >= 11 is 1.28. The van der Waals surface area contributed by atoms with Gasteiger partial charge in [-0.1, -0.05) is 30.0 Å². The molecule has 0 aliphatic rings. The summed E-state index contributed by atoms with van der Waals surface area (Å²) in [4.78, 5) is 18.8. The highest BCUT2D eigenvalue weighted by Crippen LogP contribution is 2.31.